The SMILES string of the molecule is COC(=O)C(CCC(C)C)(C(=O)OC)C1CCCCC1. The molecule has 0 spiro atoms. The largest absolute Gasteiger partial charge is 0.468 e. The van der Waals surface area contributed by atoms with Crippen molar-refractivity contribution in [2.24, 2.45) is 17.3 Å². The van der Waals surface area contributed by atoms with E-state index in [-0.39, 0.29) is 5.92 Å². The minimum atomic E-state index is -1.10. The summed E-state index contributed by atoms with van der Waals surface area (Å²) in [6.07, 6.45) is 6.48. The number of hydrogen-bond acceptors (Lipinski definition) is 4. The summed E-state index contributed by atoms with van der Waals surface area (Å²) < 4.78 is 9.97. The van der Waals surface area contributed by atoms with Gasteiger partial charge in [0.25, 0.3) is 0 Å². The molecule has 116 valence electrons. The first-order valence-corrected chi connectivity index (χ1v) is 7.65. The van der Waals surface area contributed by atoms with Gasteiger partial charge in [-0.2, -0.15) is 0 Å². The van der Waals surface area contributed by atoms with Crippen LogP contribution < -0.4 is 0 Å². The van der Waals surface area contributed by atoms with Crippen molar-refractivity contribution in [1.29, 1.82) is 0 Å². The zero-order valence-corrected chi connectivity index (χ0v) is 13.2. The highest BCUT2D eigenvalue weighted by Gasteiger charge is 2.53. The summed E-state index contributed by atoms with van der Waals surface area (Å²) in [5.41, 5.74) is -1.10. The number of carbonyl (C=O) groups excluding carboxylic acids is 2. The van der Waals surface area contributed by atoms with Gasteiger partial charge in [-0.3, -0.25) is 9.59 Å². The molecule has 1 aliphatic rings. The Kier molecular flexibility index (Phi) is 6.50. The van der Waals surface area contributed by atoms with E-state index in [0.717, 1.165) is 32.1 Å². The summed E-state index contributed by atoms with van der Waals surface area (Å²) >= 11 is 0. The summed E-state index contributed by atoms with van der Waals surface area (Å²) in [7, 11) is 2.72. The first-order chi connectivity index (χ1) is 9.48. The van der Waals surface area contributed by atoms with E-state index >= 15 is 0 Å². The Morgan fingerprint density at radius 1 is 1.05 bits per heavy atom. The van der Waals surface area contributed by atoms with Gasteiger partial charge in [-0.15, -0.1) is 0 Å². The van der Waals surface area contributed by atoms with Crippen molar-refractivity contribution in [3.05, 3.63) is 0 Å². The predicted molar refractivity (Wildman–Crippen MR) is 77.1 cm³/mol. The second-order valence-electron chi connectivity index (χ2n) is 6.22. The maximum atomic E-state index is 12.4. The number of hydrogen-bond donors (Lipinski definition) is 0. The molecule has 0 aliphatic heterocycles. The van der Waals surface area contributed by atoms with Crippen molar-refractivity contribution in [2.75, 3.05) is 14.2 Å². The summed E-state index contributed by atoms with van der Waals surface area (Å²) in [4.78, 5) is 24.8. The van der Waals surface area contributed by atoms with Crippen molar-refractivity contribution in [3.8, 4) is 0 Å². The van der Waals surface area contributed by atoms with Gasteiger partial charge in [0.2, 0.25) is 0 Å². The molecular weight excluding hydrogens is 256 g/mol. The lowest BCUT2D eigenvalue weighted by molar-refractivity contribution is -0.176. The van der Waals surface area contributed by atoms with E-state index < -0.39 is 17.4 Å². The molecule has 4 heteroatoms. The van der Waals surface area contributed by atoms with Crippen LogP contribution in [0.4, 0.5) is 0 Å². The number of esters is 2. The third kappa shape index (κ3) is 3.53. The molecule has 0 aromatic rings. The lowest BCUT2D eigenvalue weighted by Gasteiger charge is -2.38. The lowest BCUT2D eigenvalue weighted by atomic mass is 9.65. The highest BCUT2D eigenvalue weighted by atomic mass is 16.5. The van der Waals surface area contributed by atoms with Gasteiger partial charge in [0.15, 0.2) is 5.41 Å². The van der Waals surface area contributed by atoms with Crippen molar-refractivity contribution in [2.45, 2.75) is 58.8 Å². The van der Waals surface area contributed by atoms with Gasteiger partial charge >= 0.3 is 11.9 Å². The molecule has 0 N–H and O–H groups in total. The van der Waals surface area contributed by atoms with Gasteiger partial charge in [-0.1, -0.05) is 33.1 Å². The average Bonchev–Trinajstić information content (AvgIpc) is 2.47. The van der Waals surface area contributed by atoms with Crippen molar-refractivity contribution >= 4 is 11.9 Å². The minimum absolute atomic E-state index is 0.0508. The van der Waals surface area contributed by atoms with Gasteiger partial charge in [-0.25, -0.2) is 0 Å². The second-order valence-corrected chi connectivity index (χ2v) is 6.22. The zero-order valence-electron chi connectivity index (χ0n) is 13.2. The van der Waals surface area contributed by atoms with Crippen LogP contribution in [-0.4, -0.2) is 26.2 Å². The number of carbonyl (C=O) groups is 2. The molecular formula is C16H28O4. The highest BCUT2D eigenvalue weighted by Crippen LogP contribution is 2.44. The Bertz CT molecular complexity index is 313. The zero-order chi connectivity index (χ0) is 15.2. The Morgan fingerprint density at radius 3 is 1.95 bits per heavy atom. The van der Waals surface area contributed by atoms with Crippen LogP contribution in [0.1, 0.15) is 58.8 Å². The van der Waals surface area contributed by atoms with Crippen LogP contribution in [0, 0.1) is 17.3 Å². The van der Waals surface area contributed by atoms with Gasteiger partial charge in [0.1, 0.15) is 0 Å². The van der Waals surface area contributed by atoms with E-state index in [9.17, 15) is 9.59 Å². The van der Waals surface area contributed by atoms with Crippen LogP contribution >= 0.6 is 0 Å². The number of rotatable bonds is 6. The van der Waals surface area contributed by atoms with E-state index in [0.29, 0.717) is 12.3 Å². The molecule has 0 saturated heterocycles. The molecule has 0 atom stereocenters. The van der Waals surface area contributed by atoms with Crippen LogP contribution in [0.3, 0.4) is 0 Å². The average molecular weight is 284 g/mol. The standard InChI is InChI=1S/C16H28O4/c1-12(2)10-11-16(14(17)19-3,15(18)20-4)13-8-6-5-7-9-13/h12-13H,5-11H2,1-4H3. The van der Waals surface area contributed by atoms with Crippen LogP contribution in [-0.2, 0) is 19.1 Å². The Hall–Kier alpha value is -1.06. The van der Waals surface area contributed by atoms with E-state index in [1.54, 1.807) is 0 Å². The first-order valence-electron chi connectivity index (χ1n) is 7.65. The molecule has 0 amide bonds. The molecule has 0 radical (unpaired) electrons. The van der Waals surface area contributed by atoms with Crippen molar-refractivity contribution in [3.63, 3.8) is 0 Å². The Morgan fingerprint density at radius 2 is 1.55 bits per heavy atom. The van der Waals surface area contributed by atoms with E-state index in [1.165, 1.54) is 20.6 Å². The molecule has 4 nitrogen and oxygen atoms in total. The molecule has 0 bridgehead atoms. The van der Waals surface area contributed by atoms with E-state index in [4.69, 9.17) is 9.47 Å². The molecule has 0 aromatic carbocycles. The summed E-state index contributed by atoms with van der Waals surface area (Å²) in [6, 6.07) is 0. The molecule has 0 aromatic heterocycles. The van der Waals surface area contributed by atoms with Crippen LogP contribution in [0.5, 0.6) is 0 Å². The fourth-order valence-corrected chi connectivity index (χ4v) is 3.30. The predicted octanol–water partition coefficient (Wildman–Crippen LogP) is 3.34. The molecule has 0 unspecified atom stereocenters. The van der Waals surface area contributed by atoms with Gasteiger partial charge in [-0.05, 0) is 37.5 Å². The topological polar surface area (TPSA) is 52.6 Å². The molecule has 1 aliphatic carbocycles. The summed E-state index contributed by atoms with van der Waals surface area (Å²) in [5, 5.41) is 0. The molecule has 1 saturated carbocycles. The van der Waals surface area contributed by atoms with Crippen molar-refractivity contribution in [1.82, 2.24) is 0 Å². The van der Waals surface area contributed by atoms with Gasteiger partial charge in [0, 0.05) is 0 Å². The van der Waals surface area contributed by atoms with Gasteiger partial charge < -0.3 is 9.47 Å². The third-order valence-corrected chi connectivity index (χ3v) is 4.52. The summed E-state index contributed by atoms with van der Waals surface area (Å²) in [6.45, 7) is 4.19. The number of methoxy groups -OCH3 is 2. The maximum Gasteiger partial charge on any atom is 0.323 e. The second kappa shape index (κ2) is 7.65. The molecule has 0 heterocycles. The fourth-order valence-electron chi connectivity index (χ4n) is 3.30. The molecule has 1 fully saturated rings. The maximum absolute atomic E-state index is 12.4. The van der Waals surface area contributed by atoms with Crippen LogP contribution in [0.15, 0.2) is 0 Å². The Balaban J connectivity index is 3.09. The third-order valence-electron chi connectivity index (χ3n) is 4.52. The van der Waals surface area contributed by atoms with E-state index in [1.807, 2.05) is 0 Å². The summed E-state index contributed by atoms with van der Waals surface area (Å²) in [5.74, 6) is -0.351. The quantitative estimate of drug-likeness (QED) is 0.554. The van der Waals surface area contributed by atoms with Crippen LogP contribution in [0.2, 0.25) is 0 Å². The highest BCUT2D eigenvalue weighted by molar-refractivity contribution is 6.00. The van der Waals surface area contributed by atoms with Crippen molar-refractivity contribution < 1.29 is 19.1 Å². The number of ether oxygens (including phenoxy) is 2. The van der Waals surface area contributed by atoms with Crippen LogP contribution in [0.25, 0.3) is 0 Å². The molecule has 1 rings (SSSR count). The normalized spacial score (nSPS) is 17.1. The smallest absolute Gasteiger partial charge is 0.323 e. The van der Waals surface area contributed by atoms with E-state index in [2.05, 4.69) is 13.8 Å². The Labute approximate surface area is 122 Å². The molecule has 20 heavy (non-hydrogen) atoms. The van der Waals surface area contributed by atoms with Gasteiger partial charge in [0.05, 0.1) is 14.2 Å². The minimum Gasteiger partial charge on any atom is -0.468 e. The monoisotopic (exact) mass is 284 g/mol. The first kappa shape index (κ1) is 17.0. The lowest BCUT2D eigenvalue weighted by Crippen LogP contribution is -2.48. The fraction of sp³-hybridized carbons (Fsp3) is 0.875.